The molecule has 0 radical (unpaired) electrons. The number of nitrogens with one attached hydrogen (secondary N) is 1. The van der Waals surface area contributed by atoms with Crippen LogP contribution in [0.4, 0.5) is 5.69 Å². The largest absolute Gasteiger partial charge is 0.484 e. The van der Waals surface area contributed by atoms with Crippen LogP contribution in [0, 0.1) is 0 Å². The molecular weight excluding hydrogens is 420 g/mol. The molecule has 3 heterocycles. The van der Waals surface area contributed by atoms with E-state index in [0.29, 0.717) is 42.5 Å². The topological polar surface area (TPSA) is 84.9 Å². The molecule has 0 bridgehead atoms. The second kappa shape index (κ2) is 9.08. The standard InChI is InChI=1S/C26H22N2O5/c29-25(17-32-21-8-2-1-3-9-21)27-20-7-4-6-18(14-20)24-15-19-16-28(12-11-22(19)33-24)26(30)23-10-5-13-31-23/h1-10,13-15H,11-12,16-17H2,(H,27,29). The van der Waals surface area contributed by atoms with Crippen LogP contribution < -0.4 is 10.1 Å². The number of nitrogens with zero attached hydrogens (tertiary/aromatic N) is 1. The summed E-state index contributed by atoms with van der Waals surface area (Å²) in [6.07, 6.45) is 2.13. The van der Waals surface area contributed by atoms with Crippen LogP contribution in [0.3, 0.4) is 0 Å². The molecule has 1 aliphatic rings. The van der Waals surface area contributed by atoms with Gasteiger partial charge in [0.2, 0.25) is 0 Å². The van der Waals surface area contributed by atoms with Crippen molar-refractivity contribution in [3.63, 3.8) is 0 Å². The number of ether oxygens (including phenoxy) is 1. The van der Waals surface area contributed by atoms with Crippen molar-refractivity contribution in [3.05, 3.63) is 96.1 Å². The predicted octanol–water partition coefficient (Wildman–Crippen LogP) is 4.76. The minimum Gasteiger partial charge on any atom is -0.484 e. The van der Waals surface area contributed by atoms with Crippen molar-refractivity contribution in [2.75, 3.05) is 18.5 Å². The Bertz CT molecular complexity index is 1260. The third kappa shape index (κ3) is 4.67. The maximum atomic E-state index is 12.6. The number of carbonyl (C=O) groups excluding carboxylic acids is 2. The van der Waals surface area contributed by atoms with Crippen LogP contribution in [0.5, 0.6) is 5.75 Å². The highest BCUT2D eigenvalue weighted by Gasteiger charge is 2.26. The van der Waals surface area contributed by atoms with Crippen LogP contribution in [0.25, 0.3) is 11.3 Å². The second-order valence-corrected chi connectivity index (χ2v) is 7.74. The van der Waals surface area contributed by atoms with Gasteiger partial charge in [-0.05, 0) is 42.5 Å². The molecule has 0 unspecified atom stereocenters. The number of benzene rings is 2. The summed E-state index contributed by atoms with van der Waals surface area (Å²) >= 11 is 0. The van der Waals surface area contributed by atoms with E-state index in [0.717, 1.165) is 16.9 Å². The van der Waals surface area contributed by atoms with Crippen molar-refractivity contribution in [2.24, 2.45) is 0 Å². The van der Waals surface area contributed by atoms with E-state index in [1.54, 1.807) is 29.2 Å². The van der Waals surface area contributed by atoms with Crippen molar-refractivity contribution >= 4 is 17.5 Å². The summed E-state index contributed by atoms with van der Waals surface area (Å²) in [6.45, 7) is 0.950. The first-order valence-corrected chi connectivity index (χ1v) is 10.7. The summed E-state index contributed by atoms with van der Waals surface area (Å²) < 4.78 is 16.8. The third-order valence-electron chi connectivity index (χ3n) is 5.43. The smallest absolute Gasteiger partial charge is 0.289 e. The summed E-state index contributed by atoms with van der Waals surface area (Å²) in [5.74, 6) is 2.17. The fourth-order valence-corrected chi connectivity index (χ4v) is 3.82. The van der Waals surface area contributed by atoms with E-state index >= 15 is 0 Å². The number of fused-ring (bicyclic) bond motifs is 1. The molecule has 1 N–H and O–H groups in total. The van der Waals surface area contributed by atoms with E-state index in [4.69, 9.17) is 13.6 Å². The Morgan fingerprint density at radius 1 is 1.00 bits per heavy atom. The number of furan rings is 2. The van der Waals surface area contributed by atoms with Crippen LogP contribution in [0.15, 0.2) is 87.9 Å². The Kier molecular flexibility index (Phi) is 5.68. The first-order valence-electron chi connectivity index (χ1n) is 10.7. The van der Waals surface area contributed by atoms with Crippen LogP contribution >= 0.6 is 0 Å². The molecule has 2 aromatic carbocycles. The number of hydrogen-bond donors (Lipinski definition) is 1. The van der Waals surface area contributed by atoms with Crippen LogP contribution in [0.2, 0.25) is 0 Å². The van der Waals surface area contributed by atoms with Gasteiger partial charge in [0.1, 0.15) is 17.3 Å². The molecule has 2 amide bonds. The lowest BCUT2D eigenvalue weighted by Crippen LogP contribution is -2.35. The van der Waals surface area contributed by atoms with Crippen LogP contribution in [-0.2, 0) is 17.8 Å². The first-order chi connectivity index (χ1) is 16.2. The fraction of sp³-hybridized carbons (Fsp3) is 0.154. The number of carbonyl (C=O) groups is 2. The Morgan fingerprint density at radius 3 is 2.70 bits per heavy atom. The van der Waals surface area contributed by atoms with Gasteiger partial charge in [0.15, 0.2) is 12.4 Å². The summed E-state index contributed by atoms with van der Waals surface area (Å²) in [4.78, 5) is 26.6. The zero-order valence-electron chi connectivity index (χ0n) is 17.8. The number of rotatable bonds is 6. The molecule has 33 heavy (non-hydrogen) atoms. The van der Waals surface area contributed by atoms with Crippen molar-refractivity contribution in [1.29, 1.82) is 0 Å². The maximum absolute atomic E-state index is 12.6. The monoisotopic (exact) mass is 442 g/mol. The molecule has 7 nitrogen and oxygen atoms in total. The Hall–Kier alpha value is -4.26. The molecule has 5 rings (SSSR count). The Morgan fingerprint density at radius 2 is 1.88 bits per heavy atom. The molecule has 2 aromatic heterocycles. The highest BCUT2D eigenvalue weighted by Crippen LogP contribution is 2.31. The number of hydrogen-bond acceptors (Lipinski definition) is 5. The average Bonchev–Trinajstić information content (AvgIpc) is 3.53. The van der Waals surface area contributed by atoms with Crippen molar-refractivity contribution in [1.82, 2.24) is 4.90 Å². The number of para-hydroxylation sites is 1. The molecule has 0 atom stereocenters. The molecule has 4 aromatic rings. The average molecular weight is 442 g/mol. The van der Waals surface area contributed by atoms with E-state index in [-0.39, 0.29) is 18.4 Å². The van der Waals surface area contributed by atoms with Crippen molar-refractivity contribution in [2.45, 2.75) is 13.0 Å². The SMILES string of the molecule is O=C(COc1ccccc1)Nc1cccc(-c2cc3c(o2)CCN(C(=O)c2ccco2)C3)c1. The van der Waals surface area contributed by atoms with Gasteiger partial charge in [0.25, 0.3) is 11.8 Å². The Labute approximate surface area is 190 Å². The molecule has 1 aliphatic heterocycles. The van der Waals surface area contributed by atoms with E-state index in [1.165, 1.54) is 6.26 Å². The van der Waals surface area contributed by atoms with Gasteiger partial charge in [-0.2, -0.15) is 0 Å². The summed E-state index contributed by atoms with van der Waals surface area (Å²) in [7, 11) is 0. The van der Waals surface area contributed by atoms with Gasteiger partial charge in [0.05, 0.1) is 6.26 Å². The quantitative estimate of drug-likeness (QED) is 0.466. The van der Waals surface area contributed by atoms with Gasteiger partial charge in [0, 0.05) is 36.3 Å². The second-order valence-electron chi connectivity index (χ2n) is 7.74. The van der Waals surface area contributed by atoms with E-state index in [1.807, 2.05) is 48.5 Å². The predicted molar refractivity (Wildman–Crippen MR) is 122 cm³/mol. The van der Waals surface area contributed by atoms with Crippen LogP contribution in [-0.4, -0.2) is 29.9 Å². The van der Waals surface area contributed by atoms with Gasteiger partial charge in [-0.3, -0.25) is 9.59 Å². The molecular formula is C26H22N2O5. The minimum absolute atomic E-state index is 0.0805. The highest BCUT2D eigenvalue weighted by molar-refractivity contribution is 5.92. The van der Waals surface area contributed by atoms with Gasteiger partial charge in [-0.15, -0.1) is 0 Å². The summed E-state index contributed by atoms with van der Waals surface area (Å²) in [5.41, 5.74) is 2.47. The third-order valence-corrected chi connectivity index (χ3v) is 5.43. The van der Waals surface area contributed by atoms with Crippen LogP contribution in [0.1, 0.15) is 21.9 Å². The lowest BCUT2D eigenvalue weighted by Gasteiger charge is -2.25. The van der Waals surface area contributed by atoms with Gasteiger partial charge in [-0.1, -0.05) is 30.3 Å². The minimum atomic E-state index is -0.248. The van der Waals surface area contributed by atoms with Gasteiger partial charge >= 0.3 is 0 Å². The van der Waals surface area contributed by atoms with Gasteiger partial charge in [-0.25, -0.2) is 0 Å². The molecule has 166 valence electrons. The molecule has 0 fully saturated rings. The Balaban J connectivity index is 1.25. The molecule has 0 spiro atoms. The molecule has 7 heteroatoms. The zero-order valence-corrected chi connectivity index (χ0v) is 17.8. The first kappa shape index (κ1) is 20.6. The summed E-state index contributed by atoms with van der Waals surface area (Å²) in [5, 5.41) is 2.85. The summed E-state index contributed by atoms with van der Waals surface area (Å²) in [6, 6.07) is 22.0. The lowest BCUT2D eigenvalue weighted by atomic mass is 10.1. The maximum Gasteiger partial charge on any atom is 0.289 e. The van der Waals surface area contributed by atoms with E-state index < -0.39 is 0 Å². The van der Waals surface area contributed by atoms with Gasteiger partial charge < -0.3 is 23.8 Å². The zero-order chi connectivity index (χ0) is 22.6. The highest BCUT2D eigenvalue weighted by atomic mass is 16.5. The van der Waals surface area contributed by atoms with Crippen molar-refractivity contribution < 1.29 is 23.2 Å². The fourth-order valence-electron chi connectivity index (χ4n) is 3.82. The molecule has 0 saturated carbocycles. The molecule has 0 aliphatic carbocycles. The molecule has 0 saturated heterocycles. The van der Waals surface area contributed by atoms with E-state index in [9.17, 15) is 9.59 Å². The lowest BCUT2D eigenvalue weighted by molar-refractivity contribution is -0.118. The van der Waals surface area contributed by atoms with Crippen molar-refractivity contribution in [3.8, 4) is 17.1 Å². The van der Waals surface area contributed by atoms with E-state index in [2.05, 4.69) is 5.32 Å². The number of amides is 2. The normalized spacial score (nSPS) is 12.8. The number of anilines is 1.